The molecule has 110 valence electrons. The maximum absolute atomic E-state index is 13.3. The Hall–Kier alpha value is -1.63. The quantitative estimate of drug-likeness (QED) is 0.848. The first-order valence-corrected chi connectivity index (χ1v) is 6.14. The van der Waals surface area contributed by atoms with Gasteiger partial charge in [0.25, 0.3) is 5.91 Å². The maximum Gasteiger partial charge on any atom is 0.416 e. The molecule has 1 amide bonds. The summed E-state index contributed by atoms with van der Waals surface area (Å²) in [6.07, 6.45) is -3.95. The average molecular weight is 290 g/mol. The molecule has 1 unspecified atom stereocenters. The molecule has 3 nitrogen and oxygen atoms in total. The van der Waals surface area contributed by atoms with E-state index in [-0.39, 0.29) is 11.6 Å². The molecule has 2 rings (SSSR count). The minimum absolute atomic E-state index is 0.0832. The summed E-state index contributed by atoms with van der Waals surface area (Å²) in [5.41, 5.74) is -1.44. The smallest absolute Gasteiger partial charge is 0.337 e. The van der Waals surface area contributed by atoms with E-state index in [0.29, 0.717) is 18.7 Å². The van der Waals surface area contributed by atoms with Crippen LogP contribution in [0.1, 0.15) is 22.3 Å². The number of halogens is 4. The highest BCUT2D eigenvalue weighted by molar-refractivity contribution is 5.94. The van der Waals surface area contributed by atoms with Gasteiger partial charge in [0.1, 0.15) is 5.82 Å². The molecule has 0 saturated carbocycles. The van der Waals surface area contributed by atoms with Crippen molar-refractivity contribution in [1.29, 1.82) is 0 Å². The number of benzene rings is 1. The summed E-state index contributed by atoms with van der Waals surface area (Å²) in [4.78, 5) is 13.5. The SMILES string of the molecule is CN(C(=O)c1cc(F)cc(C(F)(F)F)c1)C1CCNC1. The standard InChI is InChI=1S/C13H14F4N2O/c1-19(11-2-3-18-7-11)12(20)8-4-9(13(15,16)17)6-10(14)5-8/h4-6,11,18H,2-3,7H2,1H3. The lowest BCUT2D eigenvalue weighted by Gasteiger charge is -2.24. The second-order valence-corrected chi connectivity index (χ2v) is 4.79. The van der Waals surface area contributed by atoms with Crippen molar-refractivity contribution in [1.82, 2.24) is 10.2 Å². The Morgan fingerprint density at radius 2 is 2.05 bits per heavy atom. The summed E-state index contributed by atoms with van der Waals surface area (Å²) in [5.74, 6) is -1.68. The Bertz CT molecular complexity index is 510. The van der Waals surface area contributed by atoms with Crippen LogP contribution in [0.25, 0.3) is 0 Å². The molecule has 1 heterocycles. The summed E-state index contributed by atoms with van der Waals surface area (Å²) in [7, 11) is 1.51. The Morgan fingerprint density at radius 1 is 1.35 bits per heavy atom. The number of hydrogen-bond acceptors (Lipinski definition) is 2. The lowest BCUT2D eigenvalue weighted by molar-refractivity contribution is -0.137. The fourth-order valence-electron chi connectivity index (χ4n) is 2.22. The molecule has 1 aromatic carbocycles. The molecule has 0 bridgehead atoms. The van der Waals surface area contributed by atoms with Crippen LogP contribution >= 0.6 is 0 Å². The molecule has 1 atom stereocenters. The van der Waals surface area contributed by atoms with Crippen molar-refractivity contribution in [2.45, 2.75) is 18.6 Å². The molecule has 20 heavy (non-hydrogen) atoms. The number of amides is 1. The van der Waals surface area contributed by atoms with Crippen molar-refractivity contribution < 1.29 is 22.4 Å². The Labute approximate surface area is 113 Å². The van der Waals surface area contributed by atoms with Crippen LogP contribution in [-0.4, -0.2) is 37.0 Å². The fourth-order valence-corrected chi connectivity index (χ4v) is 2.22. The molecule has 0 spiro atoms. The van der Waals surface area contributed by atoms with Gasteiger partial charge in [-0.15, -0.1) is 0 Å². The van der Waals surface area contributed by atoms with E-state index < -0.39 is 23.5 Å². The number of carbonyl (C=O) groups is 1. The minimum Gasteiger partial charge on any atom is -0.337 e. The van der Waals surface area contributed by atoms with Gasteiger partial charge in [-0.1, -0.05) is 0 Å². The lowest BCUT2D eigenvalue weighted by Crippen LogP contribution is -2.38. The van der Waals surface area contributed by atoms with Gasteiger partial charge < -0.3 is 10.2 Å². The molecule has 1 fully saturated rings. The molecule has 1 saturated heterocycles. The second-order valence-electron chi connectivity index (χ2n) is 4.79. The number of nitrogens with zero attached hydrogens (tertiary/aromatic N) is 1. The van der Waals surface area contributed by atoms with Crippen LogP contribution in [0, 0.1) is 5.82 Å². The largest absolute Gasteiger partial charge is 0.416 e. The van der Waals surface area contributed by atoms with Crippen LogP contribution in [0.3, 0.4) is 0 Å². The molecular formula is C13H14F4N2O. The third-order valence-electron chi connectivity index (χ3n) is 3.37. The normalized spacial score (nSPS) is 19.1. The topological polar surface area (TPSA) is 32.3 Å². The van der Waals surface area contributed by atoms with Gasteiger partial charge in [-0.05, 0) is 31.2 Å². The Balaban J connectivity index is 2.27. The zero-order chi connectivity index (χ0) is 14.9. The van der Waals surface area contributed by atoms with E-state index in [1.54, 1.807) is 0 Å². The summed E-state index contributed by atoms with van der Waals surface area (Å²) >= 11 is 0. The van der Waals surface area contributed by atoms with Gasteiger partial charge in [0, 0.05) is 25.2 Å². The molecule has 0 aromatic heterocycles. The third-order valence-corrected chi connectivity index (χ3v) is 3.37. The molecule has 1 aliphatic rings. The molecule has 1 N–H and O–H groups in total. The molecule has 0 aliphatic carbocycles. The Kier molecular flexibility index (Phi) is 3.99. The number of carbonyl (C=O) groups excluding carboxylic acids is 1. The molecule has 7 heteroatoms. The van der Waals surface area contributed by atoms with Gasteiger partial charge in [-0.3, -0.25) is 4.79 Å². The van der Waals surface area contributed by atoms with E-state index in [1.165, 1.54) is 11.9 Å². The number of hydrogen-bond donors (Lipinski definition) is 1. The van der Waals surface area contributed by atoms with E-state index in [2.05, 4.69) is 5.32 Å². The average Bonchev–Trinajstić information content (AvgIpc) is 2.89. The zero-order valence-electron chi connectivity index (χ0n) is 10.8. The Morgan fingerprint density at radius 3 is 2.60 bits per heavy atom. The molecule has 1 aromatic rings. The number of nitrogens with one attached hydrogen (secondary N) is 1. The maximum atomic E-state index is 13.3. The second kappa shape index (κ2) is 5.40. The van der Waals surface area contributed by atoms with Gasteiger partial charge in [0.2, 0.25) is 0 Å². The van der Waals surface area contributed by atoms with Crippen molar-refractivity contribution in [2.75, 3.05) is 20.1 Å². The van der Waals surface area contributed by atoms with Crippen LogP contribution < -0.4 is 5.32 Å². The summed E-state index contributed by atoms with van der Waals surface area (Å²) in [5, 5.41) is 3.06. The first-order chi connectivity index (χ1) is 9.29. The molecule has 0 radical (unpaired) electrons. The van der Waals surface area contributed by atoms with E-state index in [0.717, 1.165) is 19.0 Å². The number of alkyl halides is 3. The van der Waals surface area contributed by atoms with Crippen LogP contribution in [0.2, 0.25) is 0 Å². The van der Waals surface area contributed by atoms with E-state index >= 15 is 0 Å². The highest BCUT2D eigenvalue weighted by atomic mass is 19.4. The first kappa shape index (κ1) is 14.8. The van der Waals surface area contributed by atoms with Gasteiger partial charge in [0.05, 0.1) is 5.56 Å². The zero-order valence-corrected chi connectivity index (χ0v) is 10.8. The van der Waals surface area contributed by atoms with Crippen molar-refractivity contribution >= 4 is 5.91 Å². The predicted octanol–water partition coefficient (Wildman–Crippen LogP) is 2.28. The monoisotopic (exact) mass is 290 g/mol. The van der Waals surface area contributed by atoms with Crippen molar-refractivity contribution in [2.24, 2.45) is 0 Å². The fraction of sp³-hybridized carbons (Fsp3) is 0.462. The highest BCUT2D eigenvalue weighted by Crippen LogP contribution is 2.30. The minimum atomic E-state index is -4.68. The van der Waals surface area contributed by atoms with E-state index in [4.69, 9.17) is 0 Å². The third kappa shape index (κ3) is 3.09. The van der Waals surface area contributed by atoms with Gasteiger partial charge in [-0.2, -0.15) is 13.2 Å². The van der Waals surface area contributed by atoms with Crippen molar-refractivity contribution in [3.63, 3.8) is 0 Å². The van der Waals surface area contributed by atoms with Gasteiger partial charge in [0.15, 0.2) is 0 Å². The molecular weight excluding hydrogens is 276 g/mol. The predicted molar refractivity (Wildman–Crippen MR) is 64.8 cm³/mol. The summed E-state index contributed by atoms with van der Waals surface area (Å²) in [6, 6.07) is 1.81. The van der Waals surface area contributed by atoms with Gasteiger partial charge >= 0.3 is 6.18 Å². The van der Waals surface area contributed by atoms with E-state index in [1.807, 2.05) is 0 Å². The van der Waals surface area contributed by atoms with E-state index in [9.17, 15) is 22.4 Å². The van der Waals surface area contributed by atoms with Crippen LogP contribution in [0.5, 0.6) is 0 Å². The van der Waals surface area contributed by atoms with Gasteiger partial charge in [-0.25, -0.2) is 4.39 Å². The lowest BCUT2D eigenvalue weighted by atomic mass is 10.1. The molecule has 1 aliphatic heterocycles. The highest BCUT2D eigenvalue weighted by Gasteiger charge is 2.33. The van der Waals surface area contributed by atoms with Crippen molar-refractivity contribution in [3.05, 3.63) is 35.1 Å². The summed E-state index contributed by atoms with van der Waals surface area (Å²) in [6.45, 7) is 1.34. The van der Waals surface area contributed by atoms with Crippen LogP contribution in [0.15, 0.2) is 18.2 Å². The van der Waals surface area contributed by atoms with Crippen LogP contribution in [0.4, 0.5) is 17.6 Å². The van der Waals surface area contributed by atoms with Crippen LogP contribution in [-0.2, 0) is 6.18 Å². The summed E-state index contributed by atoms with van der Waals surface area (Å²) < 4.78 is 51.1. The van der Waals surface area contributed by atoms with Crippen molar-refractivity contribution in [3.8, 4) is 0 Å². The first-order valence-electron chi connectivity index (χ1n) is 6.14. The number of likely N-dealkylation sites (N-methyl/N-ethyl adjacent to an activating group) is 1. The number of rotatable bonds is 2.